The number of aliphatic carboxylic acids is 1. The van der Waals surface area contributed by atoms with Crippen LogP contribution >= 0.6 is 23.5 Å². The van der Waals surface area contributed by atoms with Gasteiger partial charge in [-0.3, -0.25) is 4.99 Å². The van der Waals surface area contributed by atoms with Gasteiger partial charge in [0.15, 0.2) is 0 Å². The summed E-state index contributed by atoms with van der Waals surface area (Å²) in [6.07, 6.45) is 2.15. The molecule has 3 nitrogen and oxygen atoms in total. The Balaban J connectivity index is 2.16. The molecule has 1 unspecified atom stereocenters. The average molecular weight is 229 g/mol. The summed E-state index contributed by atoms with van der Waals surface area (Å²) in [5.41, 5.74) is 1.60. The van der Waals surface area contributed by atoms with Crippen LogP contribution in [0.2, 0.25) is 0 Å². The Kier molecular flexibility index (Phi) is 3.18. The second kappa shape index (κ2) is 4.40. The van der Waals surface area contributed by atoms with Gasteiger partial charge >= 0.3 is 5.97 Å². The van der Waals surface area contributed by atoms with E-state index in [2.05, 4.69) is 4.99 Å². The van der Waals surface area contributed by atoms with Crippen molar-refractivity contribution in [2.45, 2.75) is 11.7 Å². The molecule has 0 aromatic carbocycles. The molecule has 76 valence electrons. The van der Waals surface area contributed by atoms with Gasteiger partial charge in [0.25, 0.3) is 0 Å². The van der Waals surface area contributed by atoms with E-state index < -0.39 is 5.97 Å². The van der Waals surface area contributed by atoms with E-state index in [0.717, 1.165) is 23.0 Å². The molecule has 2 heterocycles. The molecular weight excluding hydrogens is 218 g/mol. The molecule has 0 spiro atoms. The molecule has 1 fully saturated rings. The molecule has 14 heavy (non-hydrogen) atoms. The van der Waals surface area contributed by atoms with Crippen LogP contribution in [0.25, 0.3) is 0 Å². The summed E-state index contributed by atoms with van der Waals surface area (Å²) in [6.45, 7) is 0. The van der Waals surface area contributed by atoms with Crippen LogP contribution in [0.3, 0.4) is 0 Å². The predicted molar refractivity (Wildman–Crippen MR) is 61.3 cm³/mol. The molecule has 2 rings (SSSR count). The van der Waals surface area contributed by atoms with E-state index >= 15 is 0 Å². The number of hydrogen-bond acceptors (Lipinski definition) is 4. The molecular formula is C9H11NO2S2. The van der Waals surface area contributed by atoms with E-state index in [9.17, 15) is 4.79 Å². The standard InChI is InChI=1S/C9H11NO2S2/c11-9(12)6-3-8-7(10-4-6)5-13-1-2-14-8/h4,8H,1-3,5H2,(H,11,12). The lowest BCUT2D eigenvalue weighted by Crippen LogP contribution is -2.24. The van der Waals surface area contributed by atoms with Crippen LogP contribution in [-0.2, 0) is 4.79 Å². The molecule has 1 N–H and O–H groups in total. The van der Waals surface area contributed by atoms with E-state index in [-0.39, 0.29) is 0 Å². The fourth-order valence-corrected chi connectivity index (χ4v) is 3.98. The van der Waals surface area contributed by atoms with Crippen molar-refractivity contribution in [2.24, 2.45) is 4.99 Å². The molecule has 0 saturated carbocycles. The average Bonchev–Trinajstić information content (AvgIpc) is 2.41. The molecule has 0 bridgehead atoms. The number of aliphatic imine (C=N–C) groups is 1. The van der Waals surface area contributed by atoms with Crippen molar-refractivity contribution in [1.29, 1.82) is 0 Å². The summed E-state index contributed by atoms with van der Waals surface area (Å²) in [4.78, 5) is 15.0. The quantitative estimate of drug-likeness (QED) is 0.742. The minimum Gasteiger partial charge on any atom is -0.478 e. The third kappa shape index (κ3) is 2.15. The number of nitrogens with zero attached hydrogens (tertiary/aromatic N) is 1. The highest BCUT2D eigenvalue weighted by Gasteiger charge is 2.25. The Labute approximate surface area is 91.1 Å². The molecule has 0 aromatic heterocycles. The lowest BCUT2D eigenvalue weighted by molar-refractivity contribution is -0.132. The normalized spacial score (nSPS) is 27.0. The van der Waals surface area contributed by atoms with Gasteiger partial charge in [0.2, 0.25) is 0 Å². The Hall–Kier alpha value is -0.420. The van der Waals surface area contributed by atoms with Crippen LogP contribution in [0.5, 0.6) is 0 Å². The van der Waals surface area contributed by atoms with Crippen molar-refractivity contribution in [3.63, 3.8) is 0 Å². The van der Waals surface area contributed by atoms with Crippen molar-refractivity contribution in [2.75, 3.05) is 17.3 Å². The summed E-state index contributed by atoms with van der Waals surface area (Å²) < 4.78 is 0. The summed E-state index contributed by atoms with van der Waals surface area (Å²) in [5.74, 6) is 2.37. The summed E-state index contributed by atoms with van der Waals surface area (Å²) in [5, 5.41) is 9.15. The highest BCUT2D eigenvalue weighted by Crippen LogP contribution is 2.29. The third-order valence-corrected chi connectivity index (χ3v) is 4.77. The van der Waals surface area contributed by atoms with Gasteiger partial charge in [-0.15, -0.1) is 0 Å². The van der Waals surface area contributed by atoms with Crippen molar-refractivity contribution >= 4 is 35.2 Å². The maximum absolute atomic E-state index is 10.8. The minimum absolute atomic E-state index is 0.307. The van der Waals surface area contributed by atoms with Gasteiger partial charge < -0.3 is 5.11 Å². The Bertz CT molecular complexity index is 312. The highest BCUT2D eigenvalue weighted by molar-refractivity contribution is 8.05. The third-order valence-electron chi connectivity index (χ3n) is 2.23. The van der Waals surface area contributed by atoms with E-state index in [1.165, 1.54) is 6.20 Å². The van der Waals surface area contributed by atoms with Crippen LogP contribution in [0.15, 0.2) is 16.8 Å². The van der Waals surface area contributed by atoms with Crippen molar-refractivity contribution < 1.29 is 9.90 Å². The van der Waals surface area contributed by atoms with Crippen molar-refractivity contribution in [3.05, 3.63) is 11.8 Å². The largest absolute Gasteiger partial charge is 0.478 e. The Morgan fingerprint density at radius 2 is 2.43 bits per heavy atom. The van der Waals surface area contributed by atoms with Gasteiger partial charge in [-0.2, -0.15) is 23.5 Å². The van der Waals surface area contributed by atoms with Crippen LogP contribution in [0.1, 0.15) is 6.42 Å². The smallest absolute Gasteiger partial charge is 0.333 e. The zero-order valence-electron chi connectivity index (χ0n) is 7.60. The summed E-state index contributed by atoms with van der Waals surface area (Å²) in [6, 6.07) is 0. The molecule has 0 amide bonds. The lowest BCUT2D eigenvalue weighted by Gasteiger charge is -2.18. The van der Waals surface area contributed by atoms with E-state index in [4.69, 9.17) is 5.11 Å². The van der Waals surface area contributed by atoms with Gasteiger partial charge in [-0.1, -0.05) is 0 Å². The topological polar surface area (TPSA) is 49.7 Å². The van der Waals surface area contributed by atoms with E-state index in [0.29, 0.717) is 17.2 Å². The zero-order valence-corrected chi connectivity index (χ0v) is 9.24. The number of carbonyl (C=O) groups is 1. The number of carboxylic acid groups (broad SMARTS) is 1. The maximum Gasteiger partial charge on any atom is 0.333 e. The van der Waals surface area contributed by atoms with Gasteiger partial charge in [0.05, 0.1) is 5.57 Å². The van der Waals surface area contributed by atoms with Crippen LogP contribution in [-0.4, -0.2) is 39.3 Å². The number of carboxylic acids is 1. The van der Waals surface area contributed by atoms with Gasteiger partial charge in [0, 0.05) is 34.4 Å². The molecule has 0 aliphatic carbocycles. The van der Waals surface area contributed by atoms with Crippen molar-refractivity contribution in [3.8, 4) is 0 Å². The van der Waals surface area contributed by atoms with Gasteiger partial charge in [-0.05, 0) is 6.42 Å². The van der Waals surface area contributed by atoms with Gasteiger partial charge in [-0.25, -0.2) is 4.79 Å². The SMILES string of the molecule is O=C(O)C1=CN=C2CSCCSC2C1. The summed E-state index contributed by atoms with van der Waals surface area (Å²) in [7, 11) is 0. The fraction of sp³-hybridized carbons (Fsp3) is 0.556. The number of rotatable bonds is 1. The number of hydrogen-bond donors (Lipinski definition) is 1. The van der Waals surface area contributed by atoms with Crippen molar-refractivity contribution in [1.82, 2.24) is 0 Å². The first-order valence-electron chi connectivity index (χ1n) is 4.45. The first kappa shape index (κ1) is 10.1. The Morgan fingerprint density at radius 1 is 1.57 bits per heavy atom. The Morgan fingerprint density at radius 3 is 3.21 bits per heavy atom. The van der Waals surface area contributed by atoms with E-state index in [1.807, 2.05) is 23.5 Å². The van der Waals surface area contributed by atoms with E-state index in [1.54, 1.807) is 0 Å². The van der Waals surface area contributed by atoms with Gasteiger partial charge in [0.1, 0.15) is 0 Å². The van der Waals surface area contributed by atoms with Crippen LogP contribution in [0, 0.1) is 0 Å². The van der Waals surface area contributed by atoms with Crippen LogP contribution in [0.4, 0.5) is 0 Å². The highest BCUT2D eigenvalue weighted by atomic mass is 32.2. The predicted octanol–water partition coefficient (Wildman–Crippen LogP) is 1.65. The van der Waals surface area contributed by atoms with Crippen LogP contribution < -0.4 is 0 Å². The first-order valence-corrected chi connectivity index (χ1v) is 6.66. The molecule has 0 aromatic rings. The minimum atomic E-state index is -0.828. The lowest BCUT2D eigenvalue weighted by atomic mass is 10.1. The molecule has 2 aliphatic rings. The number of thioether (sulfide) groups is 2. The molecule has 0 radical (unpaired) electrons. The zero-order chi connectivity index (χ0) is 9.97. The molecule has 1 atom stereocenters. The monoisotopic (exact) mass is 229 g/mol. The maximum atomic E-state index is 10.8. The first-order chi connectivity index (χ1) is 6.77. The molecule has 1 saturated heterocycles. The number of fused-ring (bicyclic) bond motifs is 1. The second-order valence-corrected chi connectivity index (χ2v) is 5.61. The fourth-order valence-electron chi connectivity index (χ4n) is 1.47. The second-order valence-electron chi connectivity index (χ2n) is 3.20. The summed E-state index contributed by atoms with van der Waals surface area (Å²) >= 11 is 3.72. The molecule has 5 heteroatoms. The molecule has 2 aliphatic heterocycles.